The molecule has 0 spiro atoms. The zero-order chi connectivity index (χ0) is 15.4. The number of nitrogens with one attached hydrogen (secondary N) is 1. The fourth-order valence-corrected chi connectivity index (χ4v) is 3.60. The number of hydrogen-bond donors (Lipinski definition) is 1. The van der Waals surface area contributed by atoms with Crippen LogP contribution in [0, 0.1) is 0 Å². The van der Waals surface area contributed by atoms with Crippen LogP contribution in [0.2, 0.25) is 0 Å². The van der Waals surface area contributed by atoms with Crippen LogP contribution in [0.1, 0.15) is 16.1 Å². The van der Waals surface area contributed by atoms with Crippen molar-refractivity contribution >= 4 is 34.1 Å². The van der Waals surface area contributed by atoms with Gasteiger partial charge in [-0.3, -0.25) is 10.1 Å². The van der Waals surface area contributed by atoms with E-state index < -0.39 is 0 Å². The first-order chi connectivity index (χ1) is 10.7. The van der Waals surface area contributed by atoms with E-state index in [0.29, 0.717) is 10.8 Å². The van der Waals surface area contributed by atoms with E-state index >= 15 is 0 Å². The minimum Gasteiger partial charge on any atom is -0.347 e. The van der Waals surface area contributed by atoms with E-state index in [0.717, 1.165) is 10.1 Å². The van der Waals surface area contributed by atoms with Crippen LogP contribution in [0.5, 0.6) is 0 Å². The Hall–Kier alpha value is -2.12. The molecule has 7 heteroatoms. The molecule has 0 atom stereocenters. The zero-order valence-corrected chi connectivity index (χ0v) is 13.5. The Balaban J connectivity index is 1.59. The summed E-state index contributed by atoms with van der Waals surface area (Å²) in [5, 5.41) is 11.4. The van der Waals surface area contributed by atoms with E-state index in [9.17, 15) is 4.79 Å². The van der Waals surface area contributed by atoms with Crippen LogP contribution in [-0.2, 0) is 12.8 Å². The van der Waals surface area contributed by atoms with Gasteiger partial charge < -0.3 is 4.57 Å². The van der Waals surface area contributed by atoms with Gasteiger partial charge in [0.1, 0.15) is 5.69 Å². The number of amides is 1. The molecular weight excluding hydrogens is 316 g/mol. The van der Waals surface area contributed by atoms with Crippen molar-refractivity contribution in [1.82, 2.24) is 14.8 Å². The molecule has 1 amide bonds. The molecule has 0 saturated heterocycles. The van der Waals surface area contributed by atoms with Crippen LogP contribution in [0.25, 0.3) is 0 Å². The van der Waals surface area contributed by atoms with Gasteiger partial charge in [-0.15, -0.1) is 10.2 Å². The Kier molecular flexibility index (Phi) is 4.55. The van der Waals surface area contributed by atoms with E-state index in [-0.39, 0.29) is 5.91 Å². The molecule has 2 aromatic heterocycles. The van der Waals surface area contributed by atoms with E-state index in [1.165, 1.54) is 16.9 Å². The molecule has 22 heavy (non-hydrogen) atoms. The molecule has 0 fully saturated rings. The topological polar surface area (TPSA) is 59.8 Å². The molecule has 1 N–H and O–H groups in total. The average Bonchev–Trinajstić information content (AvgIpc) is 3.15. The second-order valence-electron chi connectivity index (χ2n) is 4.61. The van der Waals surface area contributed by atoms with Gasteiger partial charge in [-0.2, -0.15) is 0 Å². The molecule has 3 aromatic rings. The second-order valence-corrected chi connectivity index (χ2v) is 6.81. The van der Waals surface area contributed by atoms with Gasteiger partial charge in [0.25, 0.3) is 5.91 Å². The maximum Gasteiger partial charge on any atom is 0.274 e. The zero-order valence-electron chi connectivity index (χ0n) is 11.9. The highest BCUT2D eigenvalue weighted by molar-refractivity contribution is 8.00. The van der Waals surface area contributed by atoms with Crippen molar-refractivity contribution in [3.63, 3.8) is 0 Å². The van der Waals surface area contributed by atoms with Gasteiger partial charge in [-0.1, -0.05) is 53.4 Å². The molecule has 0 bridgehead atoms. The van der Waals surface area contributed by atoms with Crippen LogP contribution in [-0.4, -0.2) is 20.7 Å². The van der Waals surface area contributed by atoms with Crippen LogP contribution in [0.15, 0.2) is 53.0 Å². The van der Waals surface area contributed by atoms with Crippen molar-refractivity contribution < 1.29 is 4.79 Å². The maximum absolute atomic E-state index is 12.1. The van der Waals surface area contributed by atoms with E-state index in [1.807, 2.05) is 37.5 Å². The fraction of sp³-hybridized carbons (Fsp3) is 0.133. The lowest BCUT2D eigenvalue weighted by Gasteiger charge is -2.01. The van der Waals surface area contributed by atoms with Crippen molar-refractivity contribution in [2.45, 2.75) is 10.1 Å². The third-order valence-corrected chi connectivity index (χ3v) is 5.05. The number of rotatable bonds is 5. The van der Waals surface area contributed by atoms with Crippen molar-refractivity contribution in [1.29, 1.82) is 0 Å². The monoisotopic (exact) mass is 330 g/mol. The highest BCUT2D eigenvalue weighted by atomic mass is 32.2. The number of nitrogens with zero attached hydrogens (tertiary/aromatic N) is 3. The Morgan fingerprint density at radius 3 is 2.77 bits per heavy atom. The molecule has 112 valence electrons. The second kappa shape index (κ2) is 6.76. The number of carbonyl (C=O) groups excluding carboxylic acids is 1. The number of aryl methyl sites for hydroxylation is 1. The number of aromatic nitrogens is 3. The molecule has 0 aliphatic heterocycles. The normalized spacial score (nSPS) is 10.6. The van der Waals surface area contributed by atoms with Gasteiger partial charge >= 0.3 is 0 Å². The first kappa shape index (κ1) is 14.8. The quantitative estimate of drug-likeness (QED) is 0.575. The molecule has 0 unspecified atom stereocenters. The lowest BCUT2D eigenvalue weighted by Crippen LogP contribution is -2.15. The van der Waals surface area contributed by atoms with E-state index in [2.05, 4.69) is 27.6 Å². The summed E-state index contributed by atoms with van der Waals surface area (Å²) < 4.78 is 2.60. The summed E-state index contributed by atoms with van der Waals surface area (Å²) >= 11 is 2.99. The minimum atomic E-state index is -0.178. The van der Waals surface area contributed by atoms with Crippen LogP contribution in [0.3, 0.4) is 0 Å². The van der Waals surface area contributed by atoms with Gasteiger partial charge in [-0.05, 0) is 17.7 Å². The average molecular weight is 330 g/mol. The molecule has 0 aliphatic carbocycles. The third-order valence-electron chi connectivity index (χ3n) is 3.01. The Morgan fingerprint density at radius 2 is 2.05 bits per heavy atom. The molecule has 3 rings (SSSR count). The fourth-order valence-electron chi connectivity index (χ4n) is 1.90. The summed E-state index contributed by atoms with van der Waals surface area (Å²) in [5.74, 6) is 0.657. The molecular formula is C15H14N4OS2. The molecule has 2 heterocycles. The number of hydrogen-bond acceptors (Lipinski definition) is 5. The minimum absolute atomic E-state index is 0.178. The summed E-state index contributed by atoms with van der Waals surface area (Å²) in [4.78, 5) is 12.1. The summed E-state index contributed by atoms with van der Waals surface area (Å²) in [5.41, 5.74) is 1.82. The van der Waals surface area contributed by atoms with Crippen molar-refractivity contribution in [3.05, 3.63) is 59.9 Å². The predicted octanol–water partition coefficient (Wildman–Crippen LogP) is 3.42. The number of benzene rings is 1. The third kappa shape index (κ3) is 3.55. The van der Waals surface area contributed by atoms with Gasteiger partial charge in [0.2, 0.25) is 5.13 Å². The number of anilines is 1. The van der Waals surface area contributed by atoms with Gasteiger partial charge in [0, 0.05) is 19.0 Å². The first-order valence-corrected chi connectivity index (χ1v) is 8.45. The van der Waals surface area contributed by atoms with Gasteiger partial charge in [0.05, 0.1) is 0 Å². The van der Waals surface area contributed by atoms with Crippen LogP contribution in [0.4, 0.5) is 5.13 Å². The summed E-state index contributed by atoms with van der Waals surface area (Å²) in [6.45, 7) is 0. The number of thioether (sulfide) groups is 1. The molecule has 0 radical (unpaired) electrons. The van der Waals surface area contributed by atoms with Crippen LogP contribution < -0.4 is 5.32 Å². The highest BCUT2D eigenvalue weighted by Crippen LogP contribution is 2.28. The Bertz CT molecular complexity index is 767. The Labute approximate surface area is 136 Å². The first-order valence-electron chi connectivity index (χ1n) is 6.65. The summed E-state index contributed by atoms with van der Waals surface area (Å²) in [6, 6.07) is 13.8. The smallest absolute Gasteiger partial charge is 0.274 e. The van der Waals surface area contributed by atoms with Crippen molar-refractivity contribution in [3.8, 4) is 0 Å². The SMILES string of the molecule is Cn1cccc1C(=O)Nc1nnc(SCc2ccccc2)s1. The van der Waals surface area contributed by atoms with E-state index in [1.54, 1.807) is 22.4 Å². The molecule has 0 saturated carbocycles. The molecule has 5 nitrogen and oxygen atoms in total. The summed E-state index contributed by atoms with van der Waals surface area (Å²) in [6.07, 6.45) is 1.83. The van der Waals surface area contributed by atoms with Crippen molar-refractivity contribution in [2.24, 2.45) is 7.05 Å². The predicted molar refractivity (Wildman–Crippen MR) is 89.3 cm³/mol. The van der Waals surface area contributed by atoms with E-state index in [4.69, 9.17) is 0 Å². The molecule has 1 aromatic carbocycles. The maximum atomic E-state index is 12.1. The lowest BCUT2D eigenvalue weighted by atomic mass is 10.2. The largest absolute Gasteiger partial charge is 0.347 e. The van der Waals surface area contributed by atoms with Gasteiger partial charge in [0.15, 0.2) is 4.34 Å². The molecule has 0 aliphatic rings. The van der Waals surface area contributed by atoms with Crippen molar-refractivity contribution in [2.75, 3.05) is 5.32 Å². The van der Waals surface area contributed by atoms with Crippen LogP contribution >= 0.6 is 23.1 Å². The van der Waals surface area contributed by atoms with Gasteiger partial charge in [-0.25, -0.2) is 0 Å². The summed E-state index contributed by atoms with van der Waals surface area (Å²) in [7, 11) is 1.83. The standard InChI is InChI=1S/C15H14N4OS2/c1-19-9-5-8-12(19)13(20)16-14-17-18-15(22-14)21-10-11-6-3-2-4-7-11/h2-9H,10H2,1H3,(H,16,17,20). The number of carbonyl (C=O) groups is 1. The Morgan fingerprint density at radius 1 is 1.23 bits per heavy atom. The highest BCUT2D eigenvalue weighted by Gasteiger charge is 2.12. The lowest BCUT2D eigenvalue weighted by molar-refractivity contribution is 0.101.